The summed E-state index contributed by atoms with van der Waals surface area (Å²) in [6.45, 7) is 5.64. The summed E-state index contributed by atoms with van der Waals surface area (Å²) in [5.74, 6) is -0.640. The smallest absolute Gasteiger partial charge is 0.333 e. The molecular weight excluding hydrogens is 234 g/mol. The number of carbonyl (C=O) groups excluding carboxylic acids is 1. The number of non-ortho nitro benzene ring substituents is 1. The van der Waals surface area contributed by atoms with Crippen molar-refractivity contribution in [2.24, 2.45) is 0 Å². The molecular formula is C13H15NO4. The summed E-state index contributed by atoms with van der Waals surface area (Å²) in [5, 5.41) is 10.6. The summed E-state index contributed by atoms with van der Waals surface area (Å²) in [5.41, 5.74) is 1.20. The number of esters is 1. The van der Waals surface area contributed by atoms with E-state index in [2.05, 4.69) is 11.3 Å². The fraction of sp³-hybridized carbons (Fsp3) is 0.308. The highest BCUT2D eigenvalue weighted by molar-refractivity contribution is 5.89. The largest absolute Gasteiger partial charge is 0.466 e. The SMILES string of the molecule is C=C(C(=O)OC)[C@H](CC)c1ccc([N+](=O)[O-])cc1. The van der Waals surface area contributed by atoms with Gasteiger partial charge < -0.3 is 4.74 Å². The number of carbonyl (C=O) groups is 1. The Kier molecular flexibility index (Phi) is 4.59. The minimum absolute atomic E-state index is 0.0253. The van der Waals surface area contributed by atoms with Gasteiger partial charge in [0.2, 0.25) is 0 Å². The molecule has 1 rings (SSSR count). The van der Waals surface area contributed by atoms with Crippen molar-refractivity contribution in [3.8, 4) is 0 Å². The molecule has 0 unspecified atom stereocenters. The standard InChI is InChI=1S/C13H15NO4/c1-4-12(9(2)13(15)18-3)10-5-7-11(8-6-10)14(16)17/h5-8,12H,2,4H2,1,3H3/t12-/m0/s1. The first kappa shape index (κ1) is 13.9. The van der Waals surface area contributed by atoms with E-state index in [1.807, 2.05) is 6.92 Å². The first-order chi connectivity index (χ1) is 8.51. The van der Waals surface area contributed by atoms with Gasteiger partial charge in [0.05, 0.1) is 12.0 Å². The molecule has 0 heterocycles. The second-order valence-electron chi connectivity index (χ2n) is 3.83. The highest BCUT2D eigenvalue weighted by Crippen LogP contribution is 2.28. The zero-order valence-corrected chi connectivity index (χ0v) is 10.4. The fourth-order valence-corrected chi connectivity index (χ4v) is 1.78. The number of hydrogen-bond donors (Lipinski definition) is 0. The van der Waals surface area contributed by atoms with Crippen molar-refractivity contribution in [1.29, 1.82) is 0 Å². The van der Waals surface area contributed by atoms with Crippen molar-refractivity contribution < 1.29 is 14.5 Å². The number of rotatable bonds is 5. The van der Waals surface area contributed by atoms with Gasteiger partial charge in [-0.2, -0.15) is 0 Å². The lowest BCUT2D eigenvalue weighted by molar-refractivity contribution is -0.384. The summed E-state index contributed by atoms with van der Waals surface area (Å²) in [6, 6.07) is 6.12. The van der Waals surface area contributed by atoms with Crippen molar-refractivity contribution in [1.82, 2.24) is 0 Å². The van der Waals surface area contributed by atoms with Gasteiger partial charge in [-0.25, -0.2) is 4.79 Å². The Morgan fingerprint density at radius 3 is 2.39 bits per heavy atom. The molecule has 1 atom stereocenters. The Labute approximate surface area is 105 Å². The molecule has 18 heavy (non-hydrogen) atoms. The fourth-order valence-electron chi connectivity index (χ4n) is 1.78. The van der Waals surface area contributed by atoms with Crippen LogP contribution in [0.3, 0.4) is 0 Å². The maximum atomic E-state index is 11.4. The van der Waals surface area contributed by atoms with Crippen LogP contribution < -0.4 is 0 Å². The van der Waals surface area contributed by atoms with Crippen LogP contribution in [0.15, 0.2) is 36.4 Å². The molecule has 0 saturated heterocycles. The summed E-state index contributed by atoms with van der Waals surface area (Å²) < 4.78 is 4.63. The molecule has 1 aromatic carbocycles. The predicted octanol–water partition coefficient (Wildman–Crippen LogP) is 2.82. The van der Waals surface area contributed by atoms with Gasteiger partial charge in [0.1, 0.15) is 0 Å². The van der Waals surface area contributed by atoms with Gasteiger partial charge in [0.15, 0.2) is 0 Å². The van der Waals surface area contributed by atoms with E-state index >= 15 is 0 Å². The molecule has 0 amide bonds. The molecule has 0 bridgehead atoms. The number of hydrogen-bond acceptors (Lipinski definition) is 4. The molecule has 0 saturated carbocycles. The average Bonchev–Trinajstić information content (AvgIpc) is 2.39. The Morgan fingerprint density at radius 1 is 1.44 bits per heavy atom. The number of nitro groups is 1. The van der Waals surface area contributed by atoms with E-state index in [1.165, 1.54) is 19.2 Å². The number of benzene rings is 1. The van der Waals surface area contributed by atoms with Crippen molar-refractivity contribution in [2.45, 2.75) is 19.3 Å². The van der Waals surface area contributed by atoms with E-state index in [9.17, 15) is 14.9 Å². The second-order valence-corrected chi connectivity index (χ2v) is 3.83. The van der Waals surface area contributed by atoms with E-state index in [0.29, 0.717) is 12.0 Å². The summed E-state index contributed by atoms with van der Waals surface area (Å²) in [4.78, 5) is 21.5. The molecule has 5 heteroatoms. The lowest BCUT2D eigenvalue weighted by Gasteiger charge is -2.16. The monoisotopic (exact) mass is 249 g/mol. The number of ether oxygens (including phenoxy) is 1. The maximum Gasteiger partial charge on any atom is 0.333 e. The van der Waals surface area contributed by atoms with Gasteiger partial charge in [-0.15, -0.1) is 0 Å². The van der Waals surface area contributed by atoms with Gasteiger partial charge >= 0.3 is 5.97 Å². The maximum absolute atomic E-state index is 11.4. The Morgan fingerprint density at radius 2 is 2.00 bits per heavy atom. The lowest BCUT2D eigenvalue weighted by atomic mass is 9.89. The Bertz CT molecular complexity index is 464. The molecule has 5 nitrogen and oxygen atoms in total. The van der Waals surface area contributed by atoms with E-state index < -0.39 is 10.9 Å². The van der Waals surface area contributed by atoms with E-state index in [-0.39, 0.29) is 11.6 Å². The lowest BCUT2D eigenvalue weighted by Crippen LogP contribution is -2.12. The van der Waals surface area contributed by atoms with Crippen LogP contribution in [0, 0.1) is 10.1 Å². The van der Waals surface area contributed by atoms with Crippen LogP contribution in [0.25, 0.3) is 0 Å². The molecule has 96 valence electrons. The van der Waals surface area contributed by atoms with E-state index in [1.54, 1.807) is 12.1 Å². The summed E-state index contributed by atoms with van der Waals surface area (Å²) >= 11 is 0. The van der Waals surface area contributed by atoms with E-state index in [0.717, 1.165) is 5.56 Å². The Hall–Kier alpha value is -2.17. The zero-order chi connectivity index (χ0) is 13.7. The number of nitrogens with zero attached hydrogens (tertiary/aromatic N) is 1. The first-order valence-corrected chi connectivity index (χ1v) is 5.52. The minimum Gasteiger partial charge on any atom is -0.466 e. The van der Waals surface area contributed by atoms with Crippen LogP contribution in [-0.2, 0) is 9.53 Å². The van der Waals surface area contributed by atoms with Crippen LogP contribution in [0.5, 0.6) is 0 Å². The molecule has 0 fully saturated rings. The van der Waals surface area contributed by atoms with Crippen LogP contribution in [0.4, 0.5) is 5.69 Å². The second kappa shape index (κ2) is 5.95. The molecule has 0 aromatic heterocycles. The minimum atomic E-state index is -0.458. The van der Waals surface area contributed by atoms with Gasteiger partial charge in [-0.3, -0.25) is 10.1 Å². The highest BCUT2D eigenvalue weighted by atomic mass is 16.6. The summed E-state index contributed by atoms with van der Waals surface area (Å²) in [6.07, 6.45) is 0.672. The average molecular weight is 249 g/mol. The third-order valence-electron chi connectivity index (χ3n) is 2.78. The van der Waals surface area contributed by atoms with Crippen LogP contribution >= 0.6 is 0 Å². The molecule has 0 N–H and O–H groups in total. The predicted molar refractivity (Wildman–Crippen MR) is 67.3 cm³/mol. The van der Waals surface area contributed by atoms with Gasteiger partial charge in [-0.05, 0) is 12.0 Å². The molecule has 0 radical (unpaired) electrons. The first-order valence-electron chi connectivity index (χ1n) is 5.52. The molecule has 0 aliphatic carbocycles. The van der Waals surface area contributed by atoms with Gasteiger partial charge in [-0.1, -0.05) is 25.6 Å². The van der Waals surface area contributed by atoms with Gasteiger partial charge in [0.25, 0.3) is 5.69 Å². The van der Waals surface area contributed by atoms with Crippen LogP contribution in [0.1, 0.15) is 24.8 Å². The summed E-state index contributed by atoms with van der Waals surface area (Å²) in [7, 11) is 1.30. The third kappa shape index (κ3) is 2.94. The Balaban J connectivity index is 2.99. The van der Waals surface area contributed by atoms with Gasteiger partial charge in [0, 0.05) is 23.6 Å². The number of nitro benzene ring substituents is 1. The zero-order valence-electron chi connectivity index (χ0n) is 10.4. The highest BCUT2D eigenvalue weighted by Gasteiger charge is 2.20. The van der Waals surface area contributed by atoms with Crippen molar-refractivity contribution >= 4 is 11.7 Å². The molecule has 0 aliphatic heterocycles. The van der Waals surface area contributed by atoms with Crippen molar-refractivity contribution in [3.05, 3.63) is 52.1 Å². The molecule has 0 aliphatic rings. The quantitative estimate of drug-likeness (QED) is 0.348. The van der Waals surface area contributed by atoms with Crippen molar-refractivity contribution in [2.75, 3.05) is 7.11 Å². The van der Waals surface area contributed by atoms with E-state index in [4.69, 9.17) is 0 Å². The number of methoxy groups -OCH3 is 1. The topological polar surface area (TPSA) is 69.4 Å². The molecule has 1 aromatic rings. The van der Waals surface area contributed by atoms with Crippen LogP contribution in [0.2, 0.25) is 0 Å². The normalized spacial score (nSPS) is 11.7. The third-order valence-corrected chi connectivity index (χ3v) is 2.78. The molecule has 0 spiro atoms. The van der Waals surface area contributed by atoms with Crippen LogP contribution in [-0.4, -0.2) is 18.0 Å². The van der Waals surface area contributed by atoms with Crippen molar-refractivity contribution in [3.63, 3.8) is 0 Å².